The minimum absolute atomic E-state index is 0.0297. The van der Waals surface area contributed by atoms with E-state index in [4.69, 9.17) is 5.73 Å². The lowest BCUT2D eigenvalue weighted by Gasteiger charge is -2.44. The van der Waals surface area contributed by atoms with Crippen molar-refractivity contribution in [3.63, 3.8) is 0 Å². The van der Waals surface area contributed by atoms with Gasteiger partial charge in [0.05, 0.1) is 10.7 Å². The molecule has 9 heteroatoms. The number of guanidine groups is 1. The number of nitro benzene ring substituents is 1. The van der Waals surface area contributed by atoms with Gasteiger partial charge in [-0.1, -0.05) is 0 Å². The van der Waals surface area contributed by atoms with Crippen molar-refractivity contribution in [2.24, 2.45) is 10.7 Å². The van der Waals surface area contributed by atoms with Crippen LogP contribution in [0.2, 0.25) is 0 Å². The number of benzene rings is 1. The van der Waals surface area contributed by atoms with E-state index in [1.165, 1.54) is 13.1 Å². The summed E-state index contributed by atoms with van der Waals surface area (Å²) in [5.41, 5.74) is 6.70. The number of nitro groups is 1. The van der Waals surface area contributed by atoms with Crippen molar-refractivity contribution in [3.05, 3.63) is 38.9 Å². The number of hydrogen-bond acceptors (Lipinski definition) is 6. The highest BCUT2D eigenvalue weighted by atomic mass is 32.2. The average molecular weight is 310 g/mol. The maximum atomic E-state index is 12.1. The van der Waals surface area contributed by atoms with Gasteiger partial charge in [0.15, 0.2) is 0 Å². The minimum atomic E-state index is -3.56. The molecule has 1 aromatic carbocycles. The molecule has 0 aromatic heterocycles. The first-order chi connectivity index (χ1) is 9.66. The first-order valence-electron chi connectivity index (χ1n) is 6.27. The van der Waals surface area contributed by atoms with Gasteiger partial charge in [0.1, 0.15) is 5.54 Å². The number of nitrogens with two attached hydrogens (primary N) is 1. The average Bonchev–Trinajstić information content (AvgIpc) is 2.34. The van der Waals surface area contributed by atoms with Crippen LogP contribution in [0.5, 0.6) is 0 Å². The van der Waals surface area contributed by atoms with Gasteiger partial charge in [0.2, 0.25) is 16.0 Å². The molecule has 0 unspecified atom stereocenters. The third-order valence-corrected chi connectivity index (χ3v) is 5.96. The van der Waals surface area contributed by atoms with E-state index < -0.39 is 20.5 Å². The normalized spacial score (nSPS) is 26.0. The summed E-state index contributed by atoms with van der Waals surface area (Å²) in [6.07, 6.45) is 0.426. The van der Waals surface area contributed by atoms with Crippen molar-refractivity contribution in [2.45, 2.75) is 18.9 Å². The van der Waals surface area contributed by atoms with Gasteiger partial charge in [-0.2, -0.15) is 0 Å². The molecule has 0 fully saturated rings. The van der Waals surface area contributed by atoms with Gasteiger partial charge in [0.25, 0.3) is 5.69 Å². The molecule has 1 heterocycles. The summed E-state index contributed by atoms with van der Waals surface area (Å²) < 4.78 is 25.2. The molecule has 1 atom stereocenters. The molecule has 21 heavy (non-hydrogen) atoms. The zero-order valence-corrected chi connectivity index (χ0v) is 12.3. The van der Waals surface area contributed by atoms with Crippen LogP contribution < -0.4 is 5.73 Å². The maximum Gasteiger partial charge on any atom is 0.272 e. The van der Waals surface area contributed by atoms with Crippen LogP contribution in [0.4, 0.5) is 5.69 Å². The fourth-order valence-electron chi connectivity index (χ4n) is 2.93. The predicted molar refractivity (Wildman–Crippen MR) is 76.4 cm³/mol. The monoisotopic (exact) mass is 310 g/mol. The molecule has 0 saturated heterocycles. The number of rotatable bonds is 1. The number of aryl methyl sites for hydroxylation is 1. The Kier molecular flexibility index (Phi) is 2.59. The Morgan fingerprint density at radius 2 is 2.14 bits per heavy atom. The number of hydrogen-bond donors (Lipinski definition) is 1. The van der Waals surface area contributed by atoms with E-state index in [2.05, 4.69) is 4.99 Å². The smallest absolute Gasteiger partial charge is 0.272 e. The molecule has 1 aliphatic carbocycles. The standard InChI is InChI=1S/C12H14N4O4S/c1-7-3-8-5-12(9(8)4-10(7)16(17)18)6-21(19,20)15(2)11(13)14-12/h3-4H,5-6H2,1-2H3,(H2,13,14)/t12-/m0/s1. The molecule has 0 radical (unpaired) electrons. The first kappa shape index (κ1) is 13.8. The fourth-order valence-corrected chi connectivity index (χ4v) is 4.37. The SMILES string of the molecule is Cc1cc2c(cc1[N+](=O)[O-])[C@]1(C2)CS(=O)(=O)N(C)C(N)=N1. The van der Waals surface area contributed by atoms with E-state index >= 15 is 0 Å². The van der Waals surface area contributed by atoms with Gasteiger partial charge >= 0.3 is 0 Å². The summed E-state index contributed by atoms with van der Waals surface area (Å²) in [5.74, 6) is -0.306. The topological polar surface area (TPSA) is 119 Å². The molecule has 1 aromatic rings. The summed E-state index contributed by atoms with van der Waals surface area (Å²) >= 11 is 0. The highest BCUT2D eigenvalue weighted by Crippen LogP contribution is 2.47. The van der Waals surface area contributed by atoms with E-state index in [-0.39, 0.29) is 17.4 Å². The van der Waals surface area contributed by atoms with Crippen LogP contribution in [0.15, 0.2) is 17.1 Å². The van der Waals surface area contributed by atoms with E-state index in [0.29, 0.717) is 17.5 Å². The van der Waals surface area contributed by atoms with Crippen LogP contribution >= 0.6 is 0 Å². The lowest BCUT2D eigenvalue weighted by atomic mass is 9.71. The molecule has 2 N–H and O–H groups in total. The van der Waals surface area contributed by atoms with Gasteiger partial charge in [-0.05, 0) is 24.1 Å². The van der Waals surface area contributed by atoms with Crippen LogP contribution in [0, 0.1) is 17.0 Å². The number of sulfonamides is 1. The van der Waals surface area contributed by atoms with Gasteiger partial charge < -0.3 is 5.73 Å². The van der Waals surface area contributed by atoms with Crippen LogP contribution in [-0.2, 0) is 22.0 Å². The summed E-state index contributed by atoms with van der Waals surface area (Å²) in [6.45, 7) is 1.66. The highest BCUT2D eigenvalue weighted by molar-refractivity contribution is 7.89. The Morgan fingerprint density at radius 3 is 2.71 bits per heavy atom. The molecule has 0 bridgehead atoms. The lowest BCUT2D eigenvalue weighted by Crippen LogP contribution is -2.55. The van der Waals surface area contributed by atoms with Crippen molar-refractivity contribution in [3.8, 4) is 0 Å². The molecule has 1 spiro atoms. The van der Waals surface area contributed by atoms with Crippen LogP contribution in [0.1, 0.15) is 16.7 Å². The zero-order valence-electron chi connectivity index (χ0n) is 11.5. The quantitative estimate of drug-likeness (QED) is 0.589. The van der Waals surface area contributed by atoms with E-state index in [1.54, 1.807) is 13.0 Å². The van der Waals surface area contributed by atoms with Crippen molar-refractivity contribution < 1.29 is 13.3 Å². The Labute approximate surface area is 121 Å². The lowest BCUT2D eigenvalue weighted by molar-refractivity contribution is -0.385. The minimum Gasteiger partial charge on any atom is -0.369 e. The summed E-state index contributed by atoms with van der Waals surface area (Å²) in [6, 6.07) is 3.14. The summed E-state index contributed by atoms with van der Waals surface area (Å²) in [5, 5.41) is 11.0. The zero-order chi connectivity index (χ0) is 15.6. The van der Waals surface area contributed by atoms with Gasteiger partial charge in [-0.3, -0.25) is 10.1 Å². The summed E-state index contributed by atoms with van der Waals surface area (Å²) in [4.78, 5) is 14.9. The van der Waals surface area contributed by atoms with Crippen molar-refractivity contribution >= 4 is 21.7 Å². The molecular weight excluding hydrogens is 296 g/mol. The number of fused-ring (bicyclic) bond motifs is 2. The molecule has 0 saturated carbocycles. The van der Waals surface area contributed by atoms with Crippen LogP contribution in [0.3, 0.4) is 0 Å². The van der Waals surface area contributed by atoms with Gasteiger partial charge in [0, 0.05) is 25.1 Å². The second-order valence-electron chi connectivity index (χ2n) is 5.46. The molecule has 0 amide bonds. The van der Waals surface area contributed by atoms with Crippen LogP contribution in [0.25, 0.3) is 0 Å². The van der Waals surface area contributed by atoms with Crippen molar-refractivity contribution in [1.29, 1.82) is 0 Å². The third-order valence-electron chi connectivity index (χ3n) is 4.09. The molecule has 112 valence electrons. The predicted octanol–water partition coefficient (Wildman–Crippen LogP) is 0.245. The van der Waals surface area contributed by atoms with E-state index in [9.17, 15) is 18.5 Å². The molecular formula is C12H14N4O4S. The first-order valence-corrected chi connectivity index (χ1v) is 7.87. The van der Waals surface area contributed by atoms with E-state index in [0.717, 1.165) is 9.87 Å². The highest BCUT2D eigenvalue weighted by Gasteiger charge is 2.51. The van der Waals surface area contributed by atoms with E-state index in [1.807, 2.05) is 0 Å². The largest absolute Gasteiger partial charge is 0.369 e. The van der Waals surface area contributed by atoms with Gasteiger partial charge in [-0.15, -0.1) is 0 Å². The molecule has 2 aliphatic rings. The number of aliphatic imine (C=N–C) groups is 1. The Hall–Kier alpha value is -2.16. The molecule has 3 rings (SSSR count). The third kappa shape index (κ3) is 1.80. The van der Waals surface area contributed by atoms with Gasteiger partial charge in [-0.25, -0.2) is 17.7 Å². The Bertz CT molecular complexity index is 802. The Morgan fingerprint density at radius 1 is 1.48 bits per heavy atom. The summed E-state index contributed by atoms with van der Waals surface area (Å²) in [7, 11) is -2.21. The number of nitrogens with zero attached hydrogens (tertiary/aromatic N) is 3. The van der Waals surface area contributed by atoms with Crippen LogP contribution in [-0.4, -0.2) is 36.4 Å². The second-order valence-corrected chi connectivity index (χ2v) is 7.46. The Balaban J connectivity index is 2.17. The second kappa shape index (κ2) is 3.94. The fraction of sp³-hybridized carbons (Fsp3) is 0.417. The van der Waals surface area contributed by atoms with Crippen molar-refractivity contribution in [1.82, 2.24) is 4.31 Å². The maximum absolute atomic E-state index is 12.1. The van der Waals surface area contributed by atoms with Crippen molar-refractivity contribution in [2.75, 3.05) is 12.8 Å². The molecule has 1 aliphatic heterocycles. The molecule has 8 nitrogen and oxygen atoms in total.